The molecule has 2 amide bonds. The van der Waals surface area contributed by atoms with Crippen molar-refractivity contribution in [3.05, 3.63) is 54.1 Å². The van der Waals surface area contributed by atoms with Crippen LogP contribution >= 0.6 is 0 Å². The van der Waals surface area contributed by atoms with Crippen molar-refractivity contribution >= 4 is 29.3 Å². The van der Waals surface area contributed by atoms with Crippen molar-refractivity contribution in [2.24, 2.45) is 0 Å². The van der Waals surface area contributed by atoms with Gasteiger partial charge in [0.1, 0.15) is 18.0 Å². The Kier molecular flexibility index (Phi) is 4.70. The number of hydrogen-bond donors (Lipinski definition) is 1. The predicted octanol–water partition coefficient (Wildman–Crippen LogP) is 2.70. The summed E-state index contributed by atoms with van der Waals surface area (Å²) in [5, 5.41) is 2.76. The van der Waals surface area contributed by atoms with Crippen molar-refractivity contribution < 1.29 is 19.1 Å². The average molecular weight is 338 g/mol. The first-order valence-corrected chi connectivity index (χ1v) is 7.72. The Balaban J connectivity index is 1.85. The van der Waals surface area contributed by atoms with E-state index in [-0.39, 0.29) is 18.4 Å². The molecule has 2 aromatic rings. The van der Waals surface area contributed by atoms with E-state index in [4.69, 9.17) is 9.47 Å². The van der Waals surface area contributed by atoms with E-state index in [9.17, 15) is 9.59 Å². The number of rotatable bonds is 4. The van der Waals surface area contributed by atoms with E-state index in [0.717, 1.165) is 5.56 Å². The molecule has 0 aliphatic carbocycles. The van der Waals surface area contributed by atoms with Crippen LogP contribution in [0.1, 0.15) is 5.56 Å². The Morgan fingerprint density at radius 2 is 1.80 bits per heavy atom. The summed E-state index contributed by atoms with van der Waals surface area (Å²) in [4.78, 5) is 25.9. The van der Waals surface area contributed by atoms with Crippen LogP contribution in [0, 0.1) is 0 Å². The molecular formula is C19H18N2O4. The number of ether oxygens (including phenoxy) is 2. The van der Waals surface area contributed by atoms with Crippen LogP contribution in [0.25, 0.3) is 6.08 Å². The molecule has 0 aromatic heterocycles. The van der Waals surface area contributed by atoms with Gasteiger partial charge in [0.2, 0.25) is 5.91 Å². The van der Waals surface area contributed by atoms with Crippen molar-refractivity contribution in [1.82, 2.24) is 0 Å². The maximum Gasteiger partial charge on any atom is 0.251 e. The molecule has 25 heavy (non-hydrogen) atoms. The highest BCUT2D eigenvalue weighted by Crippen LogP contribution is 2.29. The maximum absolute atomic E-state index is 12.6. The molecule has 1 heterocycles. The summed E-state index contributed by atoms with van der Waals surface area (Å²) in [6.45, 7) is -0.0123. The third kappa shape index (κ3) is 3.63. The van der Waals surface area contributed by atoms with Gasteiger partial charge >= 0.3 is 0 Å². The largest absolute Gasteiger partial charge is 0.497 e. The van der Waals surface area contributed by atoms with Gasteiger partial charge in [-0.3, -0.25) is 14.5 Å². The second-order valence-electron chi connectivity index (χ2n) is 5.47. The van der Waals surface area contributed by atoms with Gasteiger partial charge in [0.25, 0.3) is 5.91 Å². The second-order valence-corrected chi connectivity index (χ2v) is 5.47. The van der Waals surface area contributed by atoms with Crippen LogP contribution < -0.4 is 19.7 Å². The van der Waals surface area contributed by atoms with Crippen LogP contribution in [-0.2, 0) is 9.59 Å². The SMILES string of the molecule is COc1cc(C=CC(=O)N2CC(=O)Nc3ccccc32)cc(OC)c1. The fourth-order valence-corrected chi connectivity index (χ4v) is 2.61. The standard InChI is InChI=1S/C19H18N2O4/c1-24-14-9-13(10-15(11-14)25-2)7-8-19(23)21-12-18(22)20-16-5-3-4-6-17(16)21/h3-11H,12H2,1-2H3,(H,20,22). The molecule has 0 unspecified atom stereocenters. The van der Waals surface area contributed by atoms with Gasteiger partial charge in [-0.15, -0.1) is 0 Å². The molecule has 6 heteroatoms. The topological polar surface area (TPSA) is 67.9 Å². The van der Waals surface area contributed by atoms with Crippen LogP contribution in [0.5, 0.6) is 11.5 Å². The third-order valence-electron chi connectivity index (χ3n) is 3.83. The number of fused-ring (bicyclic) bond motifs is 1. The zero-order valence-corrected chi connectivity index (χ0v) is 14.0. The Morgan fingerprint density at radius 1 is 1.12 bits per heavy atom. The molecule has 3 rings (SSSR count). The van der Waals surface area contributed by atoms with E-state index in [1.165, 1.54) is 11.0 Å². The molecule has 0 bridgehead atoms. The first-order chi connectivity index (χ1) is 12.1. The van der Waals surface area contributed by atoms with Crippen LogP contribution in [0.4, 0.5) is 11.4 Å². The highest BCUT2D eigenvalue weighted by Gasteiger charge is 2.25. The molecule has 1 N–H and O–H groups in total. The summed E-state index contributed by atoms with van der Waals surface area (Å²) in [6.07, 6.45) is 3.10. The third-order valence-corrected chi connectivity index (χ3v) is 3.83. The zero-order chi connectivity index (χ0) is 17.8. The minimum Gasteiger partial charge on any atom is -0.497 e. The minimum atomic E-state index is -0.274. The van der Waals surface area contributed by atoms with Crippen LogP contribution in [0.3, 0.4) is 0 Å². The van der Waals surface area contributed by atoms with Crippen LogP contribution in [-0.4, -0.2) is 32.6 Å². The van der Waals surface area contributed by atoms with Crippen molar-refractivity contribution in [2.75, 3.05) is 31.0 Å². The molecule has 0 saturated heterocycles. The number of nitrogens with zero attached hydrogens (tertiary/aromatic N) is 1. The molecule has 1 aliphatic rings. The molecule has 6 nitrogen and oxygen atoms in total. The Bertz CT molecular complexity index is 823. The van der Waals surface area contributed by atoms with E-state index < -0.39 is 0 Å². The first-order valence-electron chi connectivity index (χ1n) is 7.72. The molecule has 0 spiro atoms. The molecule has 0 fully saturated rings. The zero-order valence-electron chi connectivity index (χ0n) is 14.0. The maximum atomic E-state index is 12.6. The highest BCUT2D eigenvalue weighted by atomic mass is 16.5. The van der Waals surface area contributed by atoms with Gasteiger partial charge in [-0.1, -0.05) is 12.1 Å². The fourth-order valence-electron chi connectivity index (χ4n) is 2.61. The fraction of sp³-hybridized carbons (Fsp3) is 0.158. The molecule has 0 radical (unpaired) electrons. The van der Waals surface area contributed by atoms with Gasteiger partial charge < -0.3 is 14.8 Å². The second kappa shape index (κ2) is 7.09. The summed E-state index contributed by atoms with van der Waals surface area (Å²) >= 11 is 0. The van der Waals surface area contributed by atoms with Gasteiger partial charge in [-0.05, 0) is 35.9 Å². The normalized spacial score (nSPS) is 13.4. The molecular weight excluding hydrogens is 320 g/mol. The number of para-hydroxylation sites is 2. The lowest BCUT2D eigenvalue weighted by molar-refractivity contribution is -0.119. The van der Waals surface area contributed by atoms with Crippen LogP contribution in [0.2, 0.25) is 0 Å². The van der Waals surface area contributed by atoms with Gasteiger partial charge in [0.15, 0.2) is 0 Å². The smallest absolute Gasteiger partial charge is 0.251 e. The molecule has 128 valence electrons. The summed E-state index contributed by atoms with van der Waals surface area (Å²) < 4.78 is 10.4. The lowest BCUT2D eigenvalue weighted by atomic mass is 10.1. The van der Waals surface area contributed by atoms with Crippen LogP contribution in [0.15, 0.2) is 48.5 Å². The molecule has 0 saturated carbocycles. The monoisotopic (exact) mass is 338 g/mol. The summed E-state index contributed by atoms with van der Waals surface area (Å²) in [7, 11) is 3.13. The van der Waals surface area contributed by atoms with E-state index in [2.05, 4.69) is 5.32 Å². The quantitative estimate of drug-likeness (QED) is 0.871. The number of anilines is 2. The average Bonchev–Trinajstić information content (AvgIpc) is 2.64. The van der Waals surface area contributed by atoms with E-state index in [1.54, 1.807) is 50.6 Å². The van der Waals surface area contributed by atoms with Gasteiger partial charge in [0.05, 0.1) is 25.6 Å². The Hall–Kier alpha value is -3.28. The molecule has 2 aromatic carbocycles. The van der Waals surface area contributed by atoms with E-state index >= 15 is 0 Å². The Morgan fingerprint density at radius 3 is 2.48 bits per heavy atom. The highest BCUT2D eigenvalue weighted by molar-refractivity contribution is 6.13. The number of amides is 2. The van der Waals surface area contributed by atoms with Gasteiger partial charge in [0, 0.05) is 12.1 Å². The van der Waals surface area contributed by atoms with Gasteiger partial charge in [-0.25, -0.2) is 0 Å². The first kappa shape index (κ1) is 16.6. The van der Waals surface area contributed by atoms with E-state index in [0.29, 0.717) is 22.9 Å². The summed E-state index contributed by atoms with van der Waals surface area (Å²) in [5.41, 5.74) is 2.07. The lowest BCUT2D eigenvalue weighted by Gasteiger charge is -2.28. The number of nitrogens with one attached hydrogen (secondary N) is 1. The number of hydrogen-bond acceptors (Lipinski definition) is 4. The van der Waals surface area contributed by atoms with Crippen molar-refractivity contribution in [3.63, 3.8) is 0 Å². The van der Waals surface area contributed by atoms with Crippen molar-refractivity contribution in [3.8, 4) is 11.5 Å². The van der Waals surface area contributed by atoms with E-state index in [1.807, 2.05) is 12.1 Å². The summed E-state index contributed by atoms with van der Waals surface area (Å²) in [5.74, 6) is 0.774. The Labute approximate surface area is 145 Å². The number of methoxy groups -OCH3 is 2. The number of carbonyl (C=O) groups excluding carboxylic acids is 2. The molecule has 0 atom stereocenters. The van der Waals surface area contributed by atoms with Gasteiger partial charge in [-0.2, -0.15) is 0 Å². The predicted molar refractivity (Wildman–Crippen MR) is 96.0 cm³/mol. The van der Waals surface area contributed by atoms with Crippen molar-refractivity contribution in [2.45, 2.75) is 0 Å². The summed E-state index contributed by atoms with van der Waals surface area (Å²) in [6, 6.07) is 12.5. The minimum absolute atomic E-state index is 0.0123. The number of benzene rings is 2. The van der Waals surface area contributed by atoms with Crippen molar-refractivity contribution in [1.29, 1.82) is 0 Å². The lowest BCUT2D eigenvalue weighted by Crippen LogP contribution is -2.41. The number of carbonyl (C=O) groups is 2. The molecule has 1 aliphatic heterocycles.